The van der Waals surface area contributed by atoms with Crippen molar-refractivity contribution in [3.63, 3.8) is 0 Å². The SMILES string of the molecule is C=C1CCc2cc(/C(N)=C/C=C/NC3CC(C)(C)NC(C)(C)C3)c(C)cc21. The average Bonchev–Trinajstić information content (AvgIpc) is 2.88. The van der Waals surface area contributed by atoms with E-state index in [9.17, 15) is 0 Å². The van der Waals surface area contributed by atoms with Crippen LogP contribution in [-0.4, -0.2) is 17.1 Å². The Morgan fingerprint density at radius 1 is 1.19 bits per heavy atom. The first-order chi connectivity index (χ1) is 12.6. The predicted octanol–water partition coefficient (Wildman–Crippen LogP) is 4.67. The number of hydrogen-bond acceptors (Lipinski definition) is 3. The highest BCUT2D eigenvalue weighted by atomic mass is 15.1. The first-order valence-corrected chi connectivity index (χ1v) is 10.1. The smallest absolute Gasteiger partial charge is 0.0390 e. The van der Waals surface area contributed by atoms with Gasteiger partial charge in [0.2, 0.25) is 0 Å². The minimum Gasteiger partial charge on any atom is -0.398 e. The zero-order valence-corrected chi connectivity index (χ0v) is 17.6. The Kier molecular flexibility index (Phi) is 5.27. The fourth-order valence-electron chi connectivity index (χ4n) is 4.89. The molecule has 0 amide bonds. The summed E-state index contributed by atoms with van der Waals surface area (Å²) in [7, 11) is 0. The van der Waals surface area contributed by atoms with E-state index in [-0.39, 0.29) is 11.1 Å². The highest BCUT2D eigenvalue weighted by molar-refractivity contribution is 5.76. The third-order valence-electron chi connectivity index (χ3n) is 5.73. The number of benzene rings is 1. The molecule has 3 heteroatoms. The number of nitrogens with one attached hydrogen (secondary N) is 2. The summed E-state index contributed by atoms with van der Waals surface area (Å²) in [6.45, 7) is 15.4. The van der Waals surface area contributed by atoms with Crippen LogP contribution in [0.5, 0.6) is 0 Å². The highest BCUT2D eigenvalue weighted by Crippen LogP contribution is 2.34. The summed E-state index contributed by atoms with van der Waals surface area (Å²) < 4.78 is 0. The molecule has 4 N–H and O–H groups in total. The van der Waals surface area contributed by atoms with Crippen molar-refractivity contribution in [1.29, 1.82) is 0 Å². The van der Waals surface area contributed by atoms with Crippen LogP contribution < -0.4 is 16.4 Å². The number of aryl methyl sites for hydroxylation is 2. The molecule has 0 radical (unpaired) electrons. The van der Waals surface area contributed by atoms with E-state index < -0.39 is 0 Å². The molecule has 27 heavy (non-hydrogen) atoms. The van der Waals surface area contributed by atoms with Crippen LogP contribution in [0.1, 0.15) is 69.2 Å². The molecule has 1 aromatic rings. The van der Waals surface area contributed by atoms with Gasteiger partial charge in [-0.3, -0.25) is 0 Å². The molecule has 3 nitrogen and oxygen atoms in total. The van der Waals surface area contributed by atoms with Crippen LogP contribution in [0, 0.1) is 6.92 Å². The van der Waals surface area contributed by atoms with Gasteiger partial charge in [-0.2, -0.15) is 0 Å². The van der Waals surface area contributed by atoms with Gasteiger partial charge in [0.25, 0.3) is 0 Å². The standard InChI is InChI=1S/C24H35N3/c1-16-9-10-18-13-21(17(2)12-20(16)18)22(25)8-7-11-26-19-14-23(3,4)27-24(5,6)15-19/h7-8,11-13,19,26-27H,1,9-10,14-15,25H2,2-6H3/b11-7+,22-8-. The van der Waals surface area contributed by atoms with Crippen LogP contribution in [-0.2, 0) is 6.42 Å². The van der Waals surface area contributed by atoms with E-state index in [0.717, 1.165) is 36.9 Å². The highest BCUT2D eigenvalue weighted by Gasteiger charge is 2.37. The summed E-state index contributed by atoms with van der Waals surface area (Å²) in [6.07, 6.45) is 10.4. The molecule has 3 rings (SSSR count). The van der Waals surface area contributed by atoms with Gasteiger partial charge in [-0.25, -0.2) is 0 Å². The molecule has 0 unspecified atom stereocenters. The molecule has 1 fully saturated rings. The Morgan fingerprint density at radius 2 is 1.85 bits per heavy atom. The molecule has 146 valence electrons. The molecule has 0 saturated carbocycles. The molecule has 0 aromatic heterocycles. The first-order valence-electron chi connectivity index (χ1n) is 10.1. The van der Waals surface area contributed by atoms with Gasteiger partial charge in [-0.1, -0.05) is 12.6 Å². The lowest BCUT2D eigenvalue weighted by Crippen LogP contribution is -2.61. The fraction of sp³-hybridized carbons (Fsp3) is 0.500. The molecule has 1 heterocycles. The van der Waals surface area contributed by atoms with Crippen LogP contribution in [0.2, 0.25) is 0 Å². The lowest BCUT2D eigenvalue weighted by atomic mass is 9.80. The largest absolute Gasteiger partial charge is 0.398 e. The minimum absolute atomic E-state index is 0.146. The van der Waals surface area contributed by atoms with Crippen molar-refractivity contribution in [2.45, 2.75) is 77.4 Å². The summed E-state index contributed by atoms with van der Waals surface area (Å²) in [6, 6.07) is 4.95. The predicted molar refractivity (Wildman–Crippen MR) is 117 cm³/mol. The van der Waals surface area contributed by atoms with Gasteiger partial charge in [0.1, 0.15) is 0 Å². The zero-order chi connectivity index (χ0) is 19.8. The van der Waals surface area contributed by atoms with Crippen molar-refractivity contribution in [3.8, 4) is 0 Å². The van der Waals surface area contributed by atoms with Gasteiger partial charge in [0, 0.05) is 28.4 Å². The van der Waals surface area contributed by atoms with Crippen molar-refractivity contribution in [1.82, 2.24) is 10.6 Å². The molecular weight excluding hydrogens is 330 g/mol. The molecule has 1 aliphatic heterocycles. The summed E-state index contributed by atoms with van der Waals surface area (Å²) in [4.78, 5) is 0. The van der Waals surface area contributed by atoms with Crippen molar-refractivity contribution >= 4 is 11.3 Å². The lowest BCUT2D eigenvalue weighted by molar-refractivity contribution is 0.153. The number of nitrogens with two attached hydrogens (primary N) is 1. The third kappa shape index (κ3) is 4.65. The quantitative estimate of drug-likeness (QED) is 0.680. The van der Waals surface area contributed by atoms with Crippen molar-refractivity contribution in [2.75, 3.05) is 0 Å². The van der Waals surface area contributed by atoms with Gasteiger partial charge in [0.05, 0.1) is 0 Å². The second-order valence-corrected chi connectivity index (χ2v) is 9.57. The maximum absolute atomic E-state index is 6.38. The monoisotopic (exact) mass is 365 g/mol. The summed E-state index contributed by atoms with van der Waals surface area (Å²) >= 11 is 0. The molecule has 1 saturated heterocycles. The Morgan fingerprint density at radius 3 is 2.52 bits per heavy atom. The van der Waals surface area contributed by atoms with Gasteiger partial charge in [-0.15, -0.1) is 0 Å². The van der Waals surface area contributed by atoms with Crippen LogP contribution in [0.25, 0.3) is 11.3 Å². The lowest BCUT2D eigenvalue weighted by Gasteiger charge is -2.46. The third-order valence-corrected chi connectivity index (χ3v) is 5.73. The first kappa shape index (κ1) is 19.8. The Bertz CT molecular complexity index is 780. The second-order valence-electron chi connectivity index (χ2n) is 9.57. The Hall–Kier alpha value is -2.00. The second kappa shape index (κ2) is 7.20. The van der Waals surface area contributed by atoms with Gasteiger partial charge < -0.3 is 16.4 Å². The van der Waals surface area contributed by atoms with E-state index in [1.807, 2.05) is 18.4 Å². The number of piperidine rings is 1. The molecule has 2 aliphatic rings. The molecule has 1 aliphatic carbocycles. The van der Waals surface area contributed by atoms with Gasteiger partial charge in [-0.05, 0) is 107 Å². The van der Waals surface area contributed by atoms with Crippen molar-refractivity contribution in [3.05, 3.63) is 59.3 Å². The minimum atomic E-state index is 0.146. The summed E-state index contributed by atoms with van der Waals surface area (Å²) in [5.41, 5.74) is 13.8. The maximum Gasteiger partial charge on any atom is 0.0390 e. The normalized spacial score (nSPS) is 22.3. The van der Waals surface area contributed by atoms with Crippen molar-refractivity contribution < 1.29 is 0 Å². The Labute approximate surface area is 164 Å². The summed E-state index contributed by atoms with van der Waals surface area (Å²) in [5.74, 6) is 0. The van der Waals surface area contributed by atoms with Gasteiger partial charge in [0.15, 0.2) is 0 Å². The maximum atomic E-state index is 6.38. The van der Waals surface area contributed by atoms with Crippen molar-refractivity contribution in [2.24, 2.45) is 5.73 Å². The van der Waals surface area contributed by atoms with E-state index in [0.29, 0.717) is 6.04 Å². The number of rotatable bonds is 4. The van der Waals surface area contributed by atoms with Crippen LogP contribution in [0.15, 0.2) is 37.1 Å². The van der Waals surface area contributed by atoms with E-state index in [2.05, 4.69) is 64.0 Å². The number of fused-ring (bicyclic) bond motifs is 1. The molecule has 0 bridgehead atoms. The molecule has 0 atom stereocenters. The fourth-order valence-corrected chi connectivity index (χ4v) is 4.89. The van der Waals surface area contributed by atoms with E-state index >= 15 is 0 Å². The molecular formula is C24H35N3. The summed E-state index contributed by atoms with van der Waals surface area (Å²) in [5, 5.41) is 7.29. The number of allylic oxidation sites excluding steroid dienone is 3. The van der Waals surface area contributed by atoms with E-state index in [4.69, 9.17) is 5.73 Å². The van der Waals surface area contributed by atoms with Crippen LogP contribution in [0.4, 0.5) is 0 Å². The topological polar surface area (TPSA) is 50.1 Å². The van der Waals surface area contributed by atoms with E-state index in [1.165, 1.54) is 22.3 Å². The molecule has 0 spiro atoms. The van der Waals surface area contributed by atoms with Crippen LogP contribution in [0.3, 0.4) is 0 Å². The average molecular weight is 366 g/mol. The number of hydrogen-bond donors (Lipinski definition) is 3. The molecule has 1 aromatic carbocycles. The van der Waals surface area contributed by atoms with E-state index in [1.54, 1.807) is 0 Å². The van der Waals surface area contributed by atoms with Crippen LogP contribution >= 0.6 is 0 Å². The Balaban J connectivity index is 1.67. The zero-order valence-electron chi connectivity index (χ0n) is 17.6. The van der Waals surface area contributed by atoms with Gasteiger partial charge >= 0.3 is 0 Å².